The van der Waals surface area contributed by atoms with E-state index in [1.807, 2.05) is 68.9 Å². The smallest absolute Gasteiger partial charge is 0.168 e. The predicted molar refractivity (Wildman–Crippen MR) is 117 cm³/mol. The molecular formula is C24H24N4O2. The van der Waals surface area contributed by atoms with Gasteiger partial charge in [0.1, 0.15) is 11.6 Å². The number of rotatable bonds is 6. The van der Waals surface area contributed by atoms with Crippen LogP contribution in [0, 0.1) is 6.92 Å². The molecule has 0 bridgehead atoms. The highest BCUT2D eigenvalue weighted by molar-refractivity contribution is 5.97. The molecule has 0 saturated heterocycles. The van der Waals surface area contributed by atoms with Crippen LogP contribution in [0.1, 0.15) is 35.7 Å². The summed E-state index contributed by atoms with van der Waals surface area (Å²) in [5.41, 5.74) is 4.16. The number of ether oxygens (including phenoxy) is 1. The first-order valence-corrected chi connectivity index (χ1v) is 9.95. The van der Waals surface area contributed by atoms with Gasteiger partial charge in [0.25, 0.3) is 0 Å². The number of carbonyl (C=O) groups excluding carboxylic acids is 1. The third-order valence-corrected chi connectivity index (χ3v) is 5.04. The second-order valence-electron chi connectivity index (χ2n) is 7.65. The molecule has 0 spiro atoms. The minimum absolute atomic E-state index is 0.00170. The molecule has 0 unspecified atom stereocenters. The van der Waals surface area contributed by atoms with Crippen LogP contribution in [0.2, 0.25) is 0 Å². The molecule has 0 atom stereocenters. The minimum atomic E-state index is -0.00170. The summed E-state index contributed by atoms with van der Waals surface area (Å²) in [6.07, 6.45) is 2.16. The maximum Gasteiger partial charge on any atom is 0.168 e. The molecule has 4 aromatic rings. The highest BCUT2D eigenvalue weighted by atomic mass is 16.5. The van der Waals surface area contributed by atoms with Crippen molar-refractivity contribution >= 4 is 16.7 Å². The van der Waals surface area contributed by atoms with E-state index < -0.39 is 0 Å². The summed E-state index contributed by atoms with van der Waals surface area (Å²) in [7, 11) is 1.99. The largest absolute Gasteiger partial charge is 0.491 e. The van der Waals surface area contributed by atoms with Gasteiger partial charge in [-0.05, 0) is 63.2 Å². The van der Waals surface area contributed by atoms with E-state index in [9.17, 15) is 4.79 Å². The molecule has 0 saturated carbocycles. The molecule has 0 aliphatic carbocycles. The second kappa shape index (κ2) is 8.06. The van der Waals surface area contributed by atoms with Crippen LogP contribution >= 0.6 is 0 Å². The Morgan fingerprint density at radius 2 is 1.83 bits per heavy atom. The van der Waals surface area contributed by atoms with Gasteiger partial charge in [-0.25, -0.2) is 4.98 Å². The maximum atomic E-state index is 12.7. The lowest BCUT2D eigenvalue weighted by molar-refractivity contribution is 0.0991. The number of nitrogens with zero attached hydrogens (tertiary/aromatic N) is 4. The lowest BCUT2D eigenvalue weighted by Crippen LogP contribution is -2.07. The van der Waals surface area contributed by atoms with Crippen LogP contribution in [0.5, 0.6) is 5.75 Å². The maximum absolute atomic E-state index is 12.7. The topological polar surface area (TPSA) is 69.9 Å². The molecule has 0 radical (unpaired) electrons. The molecule has 6 nitrogen and oxygen atoms in total. The van der Waals surface area contributed by atoms with Crippen molar-refractivity contribution in [3.63, 3.8) is 0 Å². The molecule has 30 heavy (non-hydrogen) atoms. The van der Waals surface area contributed by atoms with E-state index in [2.05, 4.69) is 21.2 Å². The highest BCUT2D eigenvalue weighted by Gasteiger charge is 2.12. The van der Waals surface area contributed by atoms with Gasteiger partial charge in [0, 0.05) is 23.6 Å². The fourth-order valence-electron chi connectivity index (χ4n) is 3.36. The zero-order chi connectivity index (χ0) is 21.3. The van der Waals surface area contributed by atoms with Crippen molar-refractivity contribution in [1.29, 1.82) is 0 Å². The second-order valence-corrected chi connectivity index (χ2v) is 7.65. The Balaban J connectivity index is 1.57. The van der Waals surface area contributed by atoms with E-state index in [-0.39, 0.29) is 18.3 Å². The summed E-state index contributed by atoms with van der Waals surface area (Å²) in [6, 6.07) is 15.2. The fraction of sp³-hybridized carbons (Fsp3) is 0.250. The summed E-state index contributed by atoms with van der Waals surface area (Å²) in [6.45, 7) is 5.91. The third kappa shape index (κ3) is 4.08. The molecule has 0 fully saturated rings. The van der Waals surface area contributed by atoms with Crippen LogP contribution < -0.4 is 4.74 Å². The van der Waals surface area contributed by atoms with E-state index in [0.717, 1.165) is 33.7 Å². The molecule has 152 valence electrons. The van der Waals surface area contributed by atoms with Gasteiger partial charge in [-0.2, -0.15) is 10.2 Å². The molecule has 6 heteroatoms. The normalized spacial score (nSPS) is 11.2. The van der Waals surface area contributed by atoms with Gasteiger partial charge in [0.15, 0.2) is 5.78 Å². The van der Waals surface area contributed by atoms with Crippen LogP contribution in [-0.2, 0) is 13.5 Å². The SMILES string of the molecule is Cc1ncc(-c2ccc3nnc(CC(=O)c4ccc(OC(C)C)cc4)cc3c2)n1C. The number of Topliss-reactive ketones (excluding diaryl/α,β-unsaturated/α-hetero) is 1. The van der Waals surface area contributed by atoms with Crippen molar-refractivity contribution in [1.82, 2.24) is 19.7 Å². The Labute approximate surface area is 175 Å². The average molecular weight is 400 g/mol. The lowest BCUT2D eigenvalue weighted by atomic mass is 10.0. The minimum Gasteiger partial charge on any atom is -0.491 e. The number of aryl methyl sites for hydroxylation is 1. The van der Waals surface area contributed by atoms with Crippen molar-refractivity contribution in [3.8, 4) is 17.0 Å². The summed E-state index contributed by atoms with van der Waals surface area (Å²) < 4.78 is 7.68. The summed E-state index contributed by atoms with van der Waals surface area (Å²) in [5, 5.41) is 9.48. The van der Waals surface area contributed by atoms with Gasteiger partial charge in [0.2, 0.25) is 0 Å². The third-order valence-electron chi connectivity index (χ3n) is 5.04. The van der Waals surface area contributed by atoms with Crippen LogP contribution in [-0.4, -0.2) is 31.6 Å². The van der Waals surface area contributed by atoms with E-state index >= 15 is 0 Å². The van der Waals surface area contributed by atoms with Crippen molar-refractivity contribution < 1.29 is 9.53 Å². The fourth-order valence-corrected chi connectivity index (χ4v) is 3.36. The molecule has 0 amide bonds. The summed E-state index contributed by atoms with van der Waals surface area (Å²) in [5.74, 6) is 1.71. The van der Waals surface area contributed by atoms with Gasteiger partial charge in [-0.15, -0.1) is 0 Å². The molecule has 2 aromatic carbocycles. The number of aromatic nitrogens is 4. The quantitative estimate of drug-likeness (QED) is 0.444. The van der Waals surface area contributed by atoms with E-state index in [0.29, 0.717) is 11.3 Å². The Morgan fingerprint density at radius 1 is 1.07 bits per heavy atom. The number of hydrogen-bond acceptors (Lipinski definition) is 5. The first kappa shape index (κ1) is 19.8. The molecular weight excluding hydrogens is 376 g/mol. The van der Waals surface area contributed by atoms with Gasteiger partial charge >= 0.3 is 0 Å². The van der Waals surface area contributed by atoms with Crippen LogP contribution in [0.25, 0.3) is 22.2 Å². The van der Waals surface area contributed by atoms with Crippen molar-refractivity contribution in [2.45, 2.75) is 33.3 Å². The lowest BCUT2D eigenvalue weighted by Gasteiger charge is -2.10. The first-order chi connectivity index (χ1) is 14.4. The molecule has 4 rings (SSSR count). The van der Waals surface area contributed by atoms with Gasteiger partial charge < -0.3 is 9.30 Å². The van der Waals surface area contributed by atoms with Crippen LogP contribution in [0.15, 0.2) is 54.7 Å². The Bertz CT molecular complexity index is 1210. The zero-order valence-electron chi connectivity index (χ0n) is 17.6. The van der Waals surface area contributed by atoms with E-state index in [4.69, 9.17) is 4.74 Å². The number of hydrogen-bond donors (Lipinski definition) is 0. The van der Waals surface area contributed by atoms with Gasteiger partial charge in [-0.3, -0.25) is 4.79 Å². The van der Waals surface area contributed by atoms with Crippen molar-refractivity contribution in [2.75, 3.05) is 0 Å². The number of imidazole rings is 1. The number of fused-ring (bicyclic) bond motifs is 1. The monoisotopic (exact) mass is 400 g/mol. The van der Waals surface area contributed by atoms with Crippen LogP contribution in [0.4, 0.5) is 0 Å². The molecule has 2 aromatic heterocycles. The first-order valence-electron chi connectivity index (χ1n) is 9.95. The number of carbonyl (C=O) groups is 1. The van der Waals surface area contributed by atoms with E-state index in [1.54, 1.807) is 12.1 Å². The molecule has 2 heterocycles. The average Bonchev–Trinajstić information content (AvgIpc) is 3.06. The summed E-state index contributed by atoms with van der Waals surface area (Å²) >= 11 is 0. The Kier molecular flexibility index (Phi) is 5.31. The van der Waals surface area contributed by atoms with Crippen molar-refractivity contribution in [3.05, 3.63) is 71.8 Å². The number of ketones is 1. The number of benzene rings is 2. The summed E-state index contributed by atoms with van der Waals surface area (Å²) in [4.78, 5) is 17.1. The highest BCUT2D eigenvalue weighted by Crippen LogP contribution is 2.24. The van der Waals surface area contributed by atoms with E-state index in [1.165, 1.54) is 0 Å². The molecule has 0 N–H and O–H groups in total. The van der Waals surface area contributed by atoms with Crippen LogP contribution in [0.3, 0.4) is 0 Å². The van der Waals surface area contributed by atoms with Gasteiger partial charge in [-0.1, -0.05) is 6.07 Å². The Hall–Kier alpha value is -3.54. The Morgan fingerprint density at radius 3 is 2.50 bits per heavy atom. The standard InChI is InChI=1S/C24H24N4O2/c1-15(2)30-21-8-5-17(6-9-21)24(29)13-20-12-19-11-18(7-10-22(19)27-26-20)23-14-25-16(3)28(23)4/h5-12,14-15H,13H2,1-4H3. The molecule has 0 aliphatic rings. The zero-order valence-corrected chi connectivity index (χ0v) is 17.6. The van der Waals surface area contributed by atoms with Gasteiger partial charge in [0.05, 0.1) is 35.6 Å². The van der Waals surface area contributed by atoms with Crippen molar-refractivity contribution in [2.24, 2.45) is 7.05 Å². The molecule has 0 aliphatic heterocycles. The predicted octanol–water partition coefficient (Wildman–Crippen LogP) is 4.55.